The number of carbonyl (C=O) groups excluding carboxylic acids is 3. The lowest BCUT2D eigenvalue weighted by Gasteiger charge is -2.22. The third-order valence-corrected chi connectivity index (χ3v) is 4.62. The second-order valence-corrected chi connectivity index (χ2v) is 7.55. The molecule has 0 aromatic heterocycles. The third kappa shape index (κ3) is 7.35. The van der Waals surface area contributed by atoms with Crippen LogP contribution in [0, 0.1) is 11.8 Å². The number of methoxy groups -OCH3 is 1. The summed E-state index contributed by atoms with van der Waals surface area (Å²) in [7, 11) is 1.28. The van der Waals surface area contributed by atoms with E-state index in [1.54, 1.807) is 0 Å². The second-order valence-electron chi connectivity index (χ2n) is 7.55. The monoisotopic (exact) mass is 411 g/mol. The molecular weight excluding hydrogens is 382 g/mol. The molecule has 2 aromatic carbocycles. The van der Waals surface area contributed by atoms with Crippen molar-refractivity contribution in [3.8, 4) is 0 Å². The summed E-state index contributed by atoms with van der Waals surface area (Å²) in [5, 5.41) is 2.68. The van der Waals surface area contributed by atoms with Gasteiger partial charge in [-0.05, 0) is 29.9 Å². The van der Waals surface area contributed by atoms with Crippen molar-refractivity contribution in [1.29, 1.82) is 0 Å². The van der Waals surface area contributed by atoms with Crippen molar-refractivity contribution in [3.05, 3.63) is 71.8 Å². The molecule has 0 saturated heterocycles. The largest absolute Gasteiger partial charge is 0.467 e. The molecule has 0 saturated carbocycles. The van der Waals surface area contributed by atoms with Gasteiger partial charge in [0.15, 0.2) is 0 Å². The number of amides is 1. The molecule has 0 fully saturated rings. The first kappa shape index (κ1) is 23.1. The minimum atomic E-state index is -1.07. The van der Waals surface area contributed by atoms with Crippen LogP contribution < -0.4 is 5.32 Å². The number of nitrogens with one attached hydrogen (secondary N) is 1. The van der Waals surface area contributed by atoms with Gasteiger partial charge < -0.3 is 14.8 Å². The van der Waals surface area contributed by atoms with Crippen LogP contribution in [0.2, 0.25) is 0 Å². The van der Waals surface area contributed by atoms with E-state index in [1.165, 1.54) is 7.11 Å². The second kappa shape index (κ2) is 11.8. The zero-order valence-electron chi connectivity index (χ0n) is 17.7. The van der Waals surface area contributed by atoms with Crippen LogP contribution in [0.25, 0.3) is 0 Å². The Morgan fingerprint density at radius 2 is 1.43 bits per heavy atom. The summed E-state index contributed by atoms with van der Waals surface area (Å²) >= 11 is 0. The van der Waals surface area contributed by atoms with Crippen LogP contribution >= 0.6 is 0 Å². The van der Waals surface area contributed by atoms with Gasteiger partial charge >= 0.3 is 11.9 Å². The first-order valence-electron chi connectivity index (χ1n) is 10.0. The first-order chi connectivity index (χ1) is 14.4. The van der Waals surface area contributed by atoms with Crippen LogP contribution in [0.1, 0.15) is 31.4 Å². The summed E-state index contributed by atoms with van der Waals surface area (Å²) in [6, 6.07) is 17.7. The lowest BCUT2D eigenvalue weighted by Crippen LogP contribution is -2.47. The van der Waals surface area contributed by atoms with Crippen molar-refractivity contribution in [3.63, 3.8) is 0 Å². The summed E-state index contributed by atoms with van der Waals surface area (Å²) < 4.78 is 10.2. The van der Waals surface area contributed by atoms with E-state index in [9.17, 15) is 14.4 Å². The Morgan fingerprint density at radius 1 is 0.867 bits per heavy atom. The summed E-state index contributed by atoms with van der Waals surface area (Å²) in [5.41, 5.74) is 1.66. The molecule has 6 nitrogen and oxygen atoms in total. The van der Waals surface area contributed by atoms with Gasteiger partial charge in [-0.1, -0.05) is 74.5 Å². The van der Waals surface area contributed by atoms with Crippen LogP contribution in [0.4, 0.5) is 0 Å². The van der Waals surface area contributed by atoms with Gasteiger partial charge in [0.2, 0.25) is 5.91 Å². The highest BCUT2D eigenvalue weighted by molar-refractivity contribution is 5.99. The number of hydrogen-bond acceptors (Lipinski definition) is 5. The van der Waals surface area contributed by atoms with Gasteiger partial charge in [-0.3, -0.25) is 9.59 Å². The molecule has 2 atom stereocenters. The fraction of sp³-hybridized carbons (Fsp3) is 0.375. The van der Waals surface area contributed by atoms with E-state index >= 15 is 0 Å². The van der Waals surface area contributed by atoms with Crippen molar-refractivity contribution < 1.29 is 23.9 Å². The number of carbonyl (C=O) groups is 3. The van der Waals surface area contributed by atoms with Gasteiger partial charge in [-0.2, -0.15) is 0 Å². The van der Waals surface area contributed by atoms with E-state index in [0.717, 1.165) is 11.1 Å². The molecule has 0 aliphatic heterocycles. The average molecular weight is 411 g/mol. The Balaban J connectivity index is 2.15. The molecule has 0 radical (unpaired) electrons. The van der Waals surface area contributed by atoms with Crippen molar-refractivity contribution in [1.82, 2.24) is 5.32 Å². The maximum absolute atomic E-state index is 13.0. The molecule has 1 amide bonds. The maximum Gasteiger partial charge on any atom is 0.328 e. The predicted octanol–water partition coefficient (Wildman–Crippen LogP) is 3.29. The molecule has 30 heavy (non-hydrogen) atoms. The molecule has 0 heterocycles. The first-order valence-corrected chi connectivity index (χ1v) is 10.0. The molecule has 160 valence electrons. The minimum absolute atomic E-state index is 0.0741. The van der Waals surface area contributed by atoms with Crippen molar-refractivity contribution >= 4 is 17.8 Å². The molecule has 2 aromatic rings. The molecule has 0 aliphatic carbocycles. The fourth-order valence-corrected chi connectivity index (χ4v) is 3.06. The standard InChI is InChI=1S/C24H29NO5/c1-17(2)14-21(24(28)29-3)25-22(26)20(15-18-10-6-4-7-11-18)23(27)30-16-19-12-8-5-9-13-19/h4-13,17,20-21H,14-16H2,1-3H3,(H,25,26)/t20?,21-/m0/s1. The van der Waals surface area contributed by atoms with Gasteiger partial charge in [0.1, 0.15) is 18.6 Å². The molecule has 0 spiro atoms. The maximum atomic E-state index is 13.0. The molecular formula is C24H29NO5. The molecule has 0 bridgehead atoms. The summed E-state index contributed by atoms with van der Waals surface area (Å²) in [6.45, 7) is 3.96. The highest BCUT2D eigenvalue weighted by atomic mass is 16.5. The number of hydrogen-bond donors (Lipinski definition) is 1. The Kier molecular flexibility index (Phi) is 9.06. The normalized spacial score (nSPS) is 12.7. The number of benzene rings is 2. The van der Waals surface area contributed by atoms with Crippen molar-refractivity contribution in [2.24, 2.45) is 11.8 Å². The average Bonchev–Trinajstić information content (AvgIpc) is 2.75. The number of rotatable bonds is 10. The Bertz CT molecular complexity index is 820. The minimum Gasteiger partial charge on any atom is -0.467 e. The van der Waals surface area contributed by atoms with E-state index in [0.29, 0.717) is 6.42 Å². The van der Waals surface area contributed by atoms with E-state index in [-0.39, 0.29) is 18.9 Å². The predicted molar refractivity (Wildman–Crippen MR) is 113 cm³/mol. The Labute approximate surface area is 177 Å². The SMILES string of the molecule is COC(=O)[C@H](CC(C)C)NC(=O)C(Cc1ccccc1)C(=O)OCc1ccccc1. The van der Waals surface area contributed by atoms with Crippen molar-refractivity contribution in [2.75, 3.05) is 7.11 Å². The van der Waals surface area contributed by atoms with Crippen LogP contribution in [0.15, 0.2) is 60.7 Å². The fourth-order valence-electron chi connectivity index (χ4n) is 3.06. The third-order valence-electron chi connectivity index (χ3n) is 4.62. The Morgan fingerprint density at radius 3 is 1.97 bits per heavy atom. The zero-order valence-corrected chi connectivity index (χ0v) is 17.7. The van der Waals surface area contributed by atoms with E-state index in [2.05, 4.69) is 5.32 Å². The van der Waals surface area contributed by atoms with E-state index in [4.69, 9.17) is 9.47 Å². The number of esters is 2. The lowest BCUT2D eigenvalue weighted by atomic mass is 9.97. The van der Waals surface area contributed by atoms with Gasteiger partial charge in [0, 0.05) is 0 Å². The molecule has 6 heteroatoms. The zero-order chi connectivity index (χ0) is 21.9. The van der Waals surface area contributed by atoms with E-state index < -0.39 is 29.8 Å². The topological polar surface area (TPSA) is 81.7 Å². The van der Waals surface area contributed by atoms with Crippen LogP contribution in [0.5, 0.6) is 0 Å². The van der Waals surface area contributed by atoms with Gasteiger partial charge in [-0.15, -0.1) is 0 Å². The number of ether oxygens (including phenoxy) is 2. The smallest absolute Gasteiger partial charge is 0.328 e. The highest BCUT2D eigenvalue weighted by Gasteiger charge is 2.32. The molecule has 0 aliphatic rings. The quantitative estimate of drug-likeness (QED) is 0.479. The van der Waals surface area contributed by atoms with Gasteiger partial charge in [-0.25, -0.2) is 4.79 Å². The van der Waals surface area contributed by atoms with Crippen molar-refractivity contribution in [2.45, 2.75) is 39.3 Å². The summed E-state index contributed by atoms with van der Waals surface area (Å²) in [4.78, 5) is 37.9. The Hall–Kier alpha value is -3.15. The summed E-state index contributed by atoms with van der Waals surface area (Å²) in [6.07, 6.45) is 0.589. The van der Waals surface area contributed by atoms with Crippen LogP contribution in [-0.2, 0) is 36.9 Å². The summed E-state index contributed by atoms with van der Waals surface area (Å²) in [5.74, 6) is -2.63. The highest BCUT2D eigenvalue weighted by Crippen LogP contribution is 2.15. The molecule has 2 rings (SSSR count). The molecule has 1 N–H and O–H groups in total. The van der Waals surface area contributed by atoms with Crippen LogP contribution in [0.3, 0.4) is 0 Å². The van der Waals surface area contributed by atoms with Gasteiger partial charge in [0.25, 0.3) is 0 Å². The lowest BCUT2D eigenvalue weighted by molar-refractivity contribution is -0.155. The van der Waals surface area contributed by atoms with Crippen LogP contribution in [-0.4, -0.2) is 31.0 Å². The van der Waals surface area contributed by atoms with E-state index in [1.807, 2.05) is 74.5 Å². The molecule has 1 unspecified atom stereocenters. The van der Waals surface area contributed by atoms with Gasteiger partial charge in [0.05, 0.1) is 7.11 Å².